The molecule has 1 aliphatic rings. The van der Waals surface area contributed by atoms with Crippen LogP contribution in [0.1, 0.15) is 45.2 Å². The first-order valence-corrected chi connectivity index (χ1v) is 6.52. The van der Waals surface area contributed by atoms with Crippen molar-refractivity contribution < 1.29 is 0 Å². The lowest BCUT2D eigenvalue weighted by Gasteiger charge is -2.27. The molecule has 0 unspecified atom stereocenters. The predicted molar refractivity (Wildman–Crippen MR) is 66.2 cm³/mol. The van der Waals surface area contributed by atoms with E-state index in [4.69, 9.17) is 0 Å². The average Bonchev–Trinajstić information content (AvgIpc) is 2.76. The van der Waals surface area contributed by atoms with E-state index in [0.717, 1.165) is 25.0 Å². The van der Waals surface area contributed by atoms with E-state index in [-0.39, 0.29) is 0 Å². The number of imidazole rings is 1. The molecule has 0 saturated heterocycles. The van der Waals surface area contributed by atoms with Gasteiger partial charge in [0.15, 0.2) is 0 Å². The lowest BCUT2D eigenvalue weighted by molar-refractivity contribution is 0.305. The summed E-state index contributed by atoms with van der Waals surface area (Å²) in [6, 6.07) is 0.719. The summed E-state index contributed by atoms with van der Waals surface area (Å²) in [5.41, 5.74) is 1.31. The Hall–Kier alpha value is -0.830. The first-order chi connectivity index (χ1) is 7.79. The molecule has 0 aromatic carbocycles. The van der Waals surface area contributed by atoms with Crippen LogP contribution >= 0.6 is 0 Å². The van der Waals surface area contributed by atoms with Gasteiger partial charge < -0.3 is 9.88 Å². The summed E-state index contributed by atoms with van der Waals surface area (Å²) in [7, 11) is 0. The van der Waals surface area contributed by atoms with Crippen LogP contribution in [0.15, 0.2) is 12.5 Å². The lowest BCUT2D eigenvalue weighted by atomic mass is 9.87. The first kappa shape index (κ1) is 11.6. The number of hydrogen-bond acceptors (Lipinski definition) is 2. The predicted octanol–water partition coefficient (Wildman–Crippen LogP) is 2.57. The van der Waals surface area contributed by atoms with Crippen LogP contribution in [-0.2, 0) is 13.1 Å². The minimum absolute atomic E-state index is 0.719. The van der Waals surface area contributed by atoms with Crippen LogP contribution in [0, 0.1) is 5.92 Å². The van der Waals surface area contributed by atoms with Gasteiger partial charge in [-0.2, -0.15) is 0 Å². The molecule has 1 N–H and O–H groups in total. The van der Waals surface area contributed by atoms with Crippen molar-refractivity contribution in [3.8, 4) is 0 Å². The Labute approximate surface area is 98.3 Å². The summed E-state index contributed by atoms with van der Waals surface area (Å²) in [6.07, 6.45) is 9.32. The lowest BCUT2D eigenvalue weighted by Crippen LogP contribution is -2.32. The molecule has 0 amide bonds. The van der Waals surface area contributed by atoms with E-state index in [1.807, 2.05) is 12.5 Å². The molecule has 0 bridgehead atoms. The summed E-state index contributed by atoms with van der Waals surface area (Å²) in [4.78, 5) is 4.19. The minimum atomic E-state index is 0.719. The molecule has 16 heavy (non-hydrogen) atoms. The number of hydrogen-bond donors (Lipinski definition) is 1. The maximum Gasteiger partial charge on any atom is 0.0948 e. The van der Waals surface area contributed by atoms with Crippen molar-refractivity contribution >= 4 is 0 Å². The van der Waals surface area contributed by atoms with Crippen LogP contribution in [-0.4, -0.2) is 15.6 Å². The molecule has 1 aliphatic carbocycles. The minimum Gasteiger partial charge on any atom is -0.334 e. The molecule has 0 radical (unpaired) electrons. The van der Waals surface area contributed by atoms with Gasteiger partial charge in [-0.05, 0) is 38.5 Å². The number of rotatable bonds is 4. The summed E-state index contributed by atoms with van der Waals surface area (Å²) in [5.74, 6) is 0.930. The monoisotopic (exact) mass is 221 g/mol. The van der Waals surface area contributed by atoms with Gasteiger partial charge in [0, 0.05) is 25.3 Å². The molecule has 0 spiro atoms. The van der Waals surface area contributed by atoms with Crippen molar-refractivity contribution in [2.24, 2.45) is 5.92 Å². The van der Waals surface area contributed by atoms with Crippen LogP contribution in [0.2, 0.25) is 0 Å². The highest BCUT2D eigenvalue weighted by Crippen LogP contribution is 2.23. The molecular formula is C13H23N3. The summed E-state index contributed by atoms with van der Waals surface area (Å²) in [5, 5.41) is 3.66. The fourth-order valence-electron chi connectivity index (χ4n) is 2.49. The molecular weight excluding hydrogens is 198 g/mol. The molecule has 0 atom stereocenters. The number of nitrogens with one attached hydrogen (secondary N) is 1. The topological polar surface area (TPSA) is 29.9 Å². The standard InChI is InChI=1S/C13H23N3/c1-3-16-10-14-8-13(16)9-15-12-6-4-11(2)5-7-12/h8,10-12,15H,3-7,9H2,1-2H3. The number of aromatic nitrogens is 2. The maximum absolute atomic E-state index is 4.19. The second kappa shape index (κ2) is 5.48. The Bertz CT molecular complexity index is 311. The number of nitrogens with zero attached hydrogens (tertiary/aromatic N) is 2. The van der Waals surface area contributed by atoms with E-state index < -0.39 is 0 Å². The Morgan fingerprint density at radius 1 is 1.38 bits per heavy atom. The second-order valence-electron chi connectivity index (χ2n) is 5.01. The van der Waals surface area contributed by atoms with Gasteiger partial charge in [0.05, 0.1) is 12.0 Å². The van der Waals surface area contributed by atoms with Crippen LogP contribution in [0.3, 0.4) is 0 Å². The maximum atomic E-state index is 4.19. The smallest absolute Gasteiger partial charge is 0.0948 e. The van der Waals surface area contributed by atoms with Crippen molar-refractivity contribution in [2.75, 3.05) is 0 Å². The summed E-state index contributed by atoms with van der Waals surface area (Å²) >= 11 is 0. The second-order valence-corrected chi connectivity index (χ2v) is 5.01. The van der Waals surface area contributed by atoms with Gasteiger partial charge in [-0.25, -0.2) is 4.98 Å². The van der Waals surface area contributed by atoms with Gasteiger partial charge >= 0.3 is 0 Å². The highest BCUT2D eigenvalue weighted by Gasteiger charge is 2.17. The van der Waals surface area contributed by atoms with Gasteiger partial charge in [0.1, 0.15) is 0 Å². The normalized spacial score (nSPS) is 25.9. The molecule has 1 saturated carbocycles. The van der Waals surface area contributed by atoms with Gasteiger partial charge in [-0.15, -0.1) is 0 Å². The van der Waals surface area contributed by atoms with Crippen molar-refractivity contribution in [1.82, 2.24) is 14.9 Å². The van der Waals surface area contributed by atoms with E-state index in [0.29, 0.717) is 0 Å². The molecule has 1 fully saturated rings. The Balaban J connectivity index is 1.79. The molecule has 0 aliphatic heterocycles. The van der Waals surface area contributed by atoms with Crippen LogP contribution < -0.4 is 5.32 Å². The average molecular weight is 221 g/mol. The molecule has 90 valence electrons. The number of aryl methyl sites for hydroxylation is 1. The quantitative estimate of drug-likeness (QED) is 0.847. The molecule has 3 nitrogen and oxygen atoms in total. The third-order valence-corrected chi connectivity index (χ3v) is 3.73. The van der Waals surface area contributed by atoms with E-state index in [2.05, 4.69) is 28.7 Å². The van der Waals surface area contributed by atoms with Crippen molar-refractivity contribution in [2.45, 2.75) is 58.7 Å². The molecule has 2 rings (SSSR count). The van der Waals surface area contributed by atoms with Gasteiger partial charge in [-0.1, -0.05) is 6.92 Å². The van der Waals surface area contributed by atoms with Gasteiger partial charge in [0.25, 0.3) is 0 Å². The van der Waals surface area contributed by atoms with E-state index in [1.54, 1.807) is 0 Å². The fourth-order valence-corrected chi connectivity index (χ4v) is 2.49. The van der Waals surface area contributed by atoms with E-state index in [9.17, 15) is 0 Å². The zero-order valence-electron chi connectivity index (χ0n) is 10.4. The first-order valence-electron chi connectivity index (χ1n) is 6.52. The Morgan fingerprint density at radius 3 is 2.81 bits per heavy atom. The molecule has 3 heteroatoms. The van der Waals surface area contributed by atoms with E-state index in [1.165, 1.54) is 31.4 Å². The molecule has 1 aromatic rings. The zero-order valence-corrected chi connectivity index (χ0v) is 10.4. The highest BCUT2D eigenvalue weighted by molar-refractivity contribution is 4.98. The van der Waals surface area contributed by atoms with E-state index >= 15 is 0 Å². The summed E-state index contributed by atoms with van der Waals surface area (Å²) < 4.78 is 2.21. The zero-order chi connectivity index (χ0) is 11.4. The fraction of sp³-hybridized carbons (Fsp3) is 0.769. The molecule has 1 heterocycles. The van der Waals surface area contributed by atoms with Gasteiger partial charge in [0.2, 0.25) is 0 Å². The third kappa shape index (κ3) is 2.85. The Morgan fingerprint density at radius 2 is 2.12 bits per heavy atom. The van der Waals surface area contributed by atoms with Crippen LogP contribution in [0.4, 0.5) is 0 Å². The Kier molecular flexibility index (Phi) is 3.99. The van der Waals surface area contributed by atoms with Crippen molar-refractivity contribution in [3.05, 3.63) is 18.2 Å². The molecule has 1 aromatic heterocycles. The van der Waals surface area contributed by atoms with Crippen LogP contribution in [0.25, 0.3) is 0 Å². The third-order valence-electron chi connectivity index (χ3n) is 3.73. The van der Waals surface area contributed by atoms with Crippen molar-refractivity contribution in [1.29, 1.82) is 0 Å². The summed E-state index contributed by atoms with van der Waals surface area (Å²) in [6.45, 7) is 6.50. The SMILES string of the molecule is CCn1cncc1CNC1CCC(C)CC1. The van der Waals surface area contributed by atoms with Gasteiger partial charge in [-0.3, -0.25) is 0 Å². The highest BCUT2D eigenvalue weighted by atomic mass is 15.1. The van der Waals surface area contributed by atoms with Crippen LogP contribution in [0.5, 0.6) is 0 Å². The van der Waals surface area contributed by atoms with Crippen molar-refractivity contribution in [3.63, 3.8) is 0 Å². The largest absolute Gasteiger partial charge is 0.334 e.